The fourth-order valence-corrected chi connectivity index (χ4v) is 3.10. The fourth-order valence-electron chi connectivity index (χ4n) is 2.69. The lowest BCUT2D eigenvalue weighted by Crippen LogP contribution is -2.34. The van der Waals surface area contributed by atoms with Gasteiger partial charge in [-0.1, -0.05) is 15.9 Å². The number of hydrogen-bond acceptors (Lipinski definition) is 2. The second kappa shape index (κ2) is 8.98. The van der Waals surface area contributed by atoms with Gasteiger partial charge in [0.2, 0.25) is 0 Å². The van der Waals surface area contributed by atoms with E-state index in [4.69, 9.17) is 0 Å². The van der Waals surface area contributed by atoms with Gasteiger partial charge in [-0.25, -0.2) is 4.39 Å². The fraction of sp³-hybridized carbons (Fsp3) is 0.600. The van der Waals surface area contributed by atoms with Crippen LogP contribution in [0.5, 0.6) is 0 Å². The van der Waals surface area contributed by atoms with E-state index in [1.807, 2.05) is 13.1 Å². The molecule has 1 aliphatic rings. The van der Waals surface area contributed by atoms with Crippen molar-refractivity contribution in [2.45, 2.75) is 25.8 Å². The minimum Gasteiger partial charge on any atom is -0.320 e. The molecule has 1 aliphatic heterocycles. The Balaban J connectivity index is 0.00000200. The molecule has 0 amide bonds. The Bertz CT molecular complexity index is 409. The molecule has 0 aromatic heterocycles. The van der Waals surface area contributed by atoms with Crippen LogP contribution < -0.4 is 5.32 Å². The summed E-state index contributed by atoms with van der Waals surface area (Å²) in [7, 11) is 2.01. The Morgan fingerprint density at radius 3 is 2.70 bits per heavy atom. The Kier molecular flexibility index (Phi) is 8.03. The maximum atomic E-state index is 13.7. The van der Waals surface area contributed by atoms with Gasteiger partial charge < -0.3 is 5.32 Å². The van der Waals surface area contributed by atoms with Crippen molar-refractivity contribution in [2.24, 2.45) is 5.92 Å². The first kappa shape index (κ1) is 17.9. The average molecular weight is 366 g/mol. The number of likely N-dealkylation sites (tertiary alicyclic amines) is 1. The first-order valence-corrected chi connectivity index (χ1v) is 7.79. The standard InChI is InChI=1S/C15H22BrFN2.ClH/c1-18-7-4-12-5-8-19(9-6-12)11-13-10-14(16)2-3-15(13)17;/h2-3,10,12,18H,4-9,11H2,1H3;1H. The van der Waals surface area contributed by atoms with Crippen molar-refractivity contribution >= 4 is 28.3 Å². The highest BCUT2D eigenvalue weighted by Gasteiger charge is 2.19. The van der Waals surface area contributed by atoms with Crippen LogP contribution in [-0.2, 0) is 6.54 Å². The van der Waals surface area contributed by atoms with Crippen LogP contribution in [0.3, 0.4) is 0 Å². The lowest BCUT2D eigenvalue weighted by atomic mass is 9.93. The summed E-state index contributed by atoms with van der Waals surface area (Å²) in [5, 5.41) is 3.21. The maximum absolute atomic E-state index is 13.7. The first-order chi connectivity index (χ1) is 9.19. The Hall–Kier alpha value is -0.160. The lowest BCUT2D eigenvalue weighted by Gasteiger charge is -2.32. The summed E-state index contributed by atoms with van der Waals surface area (Å²) in [4.78, 5) is 2.36. The van der Waals surface area contributed by atoms with Gasteiger partial charge in [0, 0.05) is 16.6 Å². The number of piperidine rings is 1. The molecule has 2 nitrogen and oxygen atoms in total. The second-order valence-corrected chi connectivity index (χ2v) is 6.26. The number of halogens is 3. The van der Waals surface area contributed by atoms with Gasteiger partial charge in [-0.2, -0.15) is 0 Å². The summed E-state index contributed by atoms with van der Waals surface area (Å²) < 4.78 is 14.7. The van der Waals surface area contributed by atoms with E-state index < -0.39 is 0 Å². The highest BCUT2D eigenvalue weighted by molar-refractivity contribution is 9.10. The van der Waals surface area contributed by atoms with Gasteiger partial charge in [-0.3, -0.25) is 4.90 Å². The van der Waals surface area contributed by atoms with Gasteiger partial charge in [0.05, 0.1) is 0 Å². The maximum Gasteiger partial charge on any atom is 0.127 e. The van der Waals surface area contributed by atoms with Crippen molar-refractivity contribution in [3.05, 3.63) is 34.1 Å². The number of hydrogen-bond donors (Lipinski definition) is 1. The smallest absolute Gasteiger partial charge is 0.127 e. The molecule has 0 unspecified atom stereocenters. The molecule has 0 spiro atoms. The zero-order valence-electron chi connectivity index (χ0n) is 11.9. The molecule has 0 aliphatic carbocycles. The molecule has 2 rings (SSSR count). The Morgan fingerprint density at radius 2 is 2.05 bits per heavy atom. The molecular formula is C15H23BrClFN2. The molecule has 1 aromatic rings. The van der Waals surface area contributed by atoms with Crippen molar-refractivity contribution < 1.29 is 4.39 Å². The normalized spacial score (nSPS) is 16.9. The third-order valence-corrected chi connectivity index (χ3v) is 4.40. The van der Waals surface area contributed by atoms with Crippen molar-refractivity contribution in [2.75, 3.05) is 26.7 Å². The van der Waals surface area contributed by atoms with E-state index in [0.29, 0.717) is 0 Å². The average Bonchev–Trinajstić information content (AvgIpc) is 2.42. The molecule has 1 N–H and O–H groups in total. The summed E-state index contributed by atoms with van der Waals surface area (Å²) in [6, 6.07) is 5.18. The Morgan fingerprint density at radius 1 is 1.35 bits per heavy atom. The third-order valence-electron chi connectivity index (χ3n) is 3.91. The van der Waals surface area contributed by atoms with Crippen LogP contribution in [0.4, 0.5) is 4.39 Å². The highest BCUT2D eigenvalue weighted by Crippen LogP contribution is 2.23. The molecule has 1 aromatic carbocycles. The summed E-state index contributed by atoms with van der Waals surface area (Å²) in [6.07, 6.45) is 3.73. The second-order valence-electron chi connectivity index (χ2n) is 5.35. The predicted molar refractivity (Wildman–Crippen MR) is 87.9 cm³/mol. The van der Waals surface area contributed by atoms with Gasteiger partial charge in [-0.05, 0) is 70.1 Å². The summed E-state index contributed by atoms with van der Waals surface area (Å²) in [5.41, 5.74) is 0.794. The van der Waals surface area contributed by atoms with Crippen LogP contribution in [0.2, 0.25) is 0 Å². The van der Waals surface area contributed by atoms with Crippen LogP contribution >= 0.6 is 28.3 Å². The van der Waals surface area contributed by atoms with Crippen molar-refractivity contribution in [1.29, 1.82) is 0 Å². The van der Waals surface area contributed by atoms with E-state index in [0.717, 1.165) is 42.1 Å². The van der Waals surface area contributed by atoms with Gasteiger partial charge in [0.15, 0.2) is 0 Å². The number of nitrogens with one attached hydrogen (secondary N) is 1. The van der Waals surface area contributed by atoms with Gasteiger partial charge in [-0.15, -0.1) is 12.4 Å². The van der Waals surface area contributed by atoms with Crippen LogP contribution in [-0.4, -0.2) is 31.6 Å². The predicted octanol–water partition coefficient (Wildman–Crippen LogP) is 3.83. The summed E-state index contributed by atoms with van der Waals surface area (Å²) in [6.45, 7) is 4.00. The largest absolute Gasteiger partial charge is 0.320 e. The molecular weight excluding hydrogens is 343 g/mol. The van der Waals surface area contributed by atoms with Gasteiger partial charge in [0.1, 0.15) is 5.82 Å². The topological polar surface area (TPSA) is 15.3 Å². The van der Waals surface area contributed by atoms with E-state index in [1.54, 1.807) is 12.1 Å². The van der Waals surface area contributed by atoms with E-state index in [1.165, 1.54) is 19.3 Å². The molecule has 1 fully saturated rings. The van der Waals surface area contributed by atoms with Crippen molar-refractivity contribution in [1.82, 2.24) is 10.2 Å². The molecule has 20 heavy (non-hydrogen) atoms. The molecule has 0 bridgehead atoms. The van der Waals surface area contributed by atoms with Crippen LogP contribution in [0, 0.1) is 11.7 Å². The van der Waals surface area contributed by atoms with Gasteiger partial charge >= 0.3 is 0 Å². The minimum absolute atomic E-state index is 0. The SMILES string of the molecule is CNCCC1CCN(Cc2cc(Br)ccc2F)CC1.Cl. The van der Waals surface area contributed by atoms with E-state index >= 15 is 0 Å². The van der Waals surface area contributed by atoms with E-state index in [2.05, 4.69) is 26.1 Å². The number of rotatable bonds is 5. The first-order valence-electron chi connectivity index (χ1n) is 7.00. The van der Waals surface area contributed by atoms with E-state index in [-0.39, 0.29) is 18.2 Å². The summed E-state index contributed by atoms with van der Waals surface area (Å²) in [5.74, 6) is 0.733. The van der Waals surface area contributed by atoms with Crippen LogP contribution in [0.25, 0.3) is 0 Å². The minimum atomic E-state index is -0.0968. The van der Waals surface area contributed by atoms with Crippen LogP contribution in [0.15, 0.2) is 22.7 Å². The van der Waals surface area contributed by atoms with Crippen molar-refractivity contribution in [3.63, 3.8) is 0 Å². The van der Waals surface area contributed by atoms with Gasteiger partial charge in [0.25, 0.3) is 0 Å². The van der Waals surface area contributed by atoms with E-state index in [9.17, 15) is 4.39 Å². The van der Waals surface area contributed by atoms with Crippen molar-refractivity contribution in [3.8, 4) is 0 Å². The highest BCUT2D eigenvalue weighted by atomic mass is 79.9. The Labute approximate surface area is 135 Å². The molecule has 0 saturated carbocycles. The van der Waals surface area contributed by atoms with Crippen LogP contribution in [0.1, 0.15) is 24.8 Å². The zero-order chi connectivity index (χ0) is 13.7. The molecule has 1 heterocycles. The third kappa shape index (κ3) is 5.32. The molecule has 5 heteroatoms. The zero-order valence-corrected chi connectivity index (χ0v) is 14.3. The molecule has 1 saturated heterocycles. The molecule has 0 radical (unpaired) electrons. The lowest BCUT2D eigenvalue weighted by molar-refractivity contribution is 0.170. The number of nitrogens with zero attached hydrogens (tertiary/aromatic N) is 1. The summed E-state index contributed by atoms with van der Waals surface area (Å²) >= 11 is 3.41. The molecule has 0 atom stereocenters. The molecule has 114 valence electrons. The number of benzene rings is 1. The monoisotopic (exact) mass is 364 g/mol. The quantitative estimate of drug-likeness (QED) is 0.853.